The van der Waals surface area contributed by atoms with E-state index in [9.17, 15) is 0 Å². The van der Waals surface area contributed by atoms with Crippen LogP contribution in [0, 0.1) is 6.92 Å². The van der Waals surface area contributed by atoms with Gasteiger partial charge in [-0.2, -0.15) is 0 Å². The summed E-state index contributed by atoms with van der Waals surface area (Å²) in [6.07, 6.45) is 4.70. The minimum absolute atomic E-state index is 0.0280. The van der Waals surface area contributed by atoms with E-state index in [0.717, 1.165) is 25.5 Å². The maximum atomic E-state index is 5.83. The first-order chi connectivity index (χ1) is 11.1. The fraction of sp³-hybridized carbons (Fsp3) is 0.611. The molecule has 1 saturated heterocycles. The van der Waals surface area contributed by atoms with Crippen molar-refractivity contribution in [1.29, 1.82) is 0 Å². The molecule has 4 rings (SSSR count). The third-order valence-corrected chi connectivity index (χ3v) is 4.87. The largest absolute Gasteiger partial charge is 0.361 e. The number of rotatable bonds is 4. The predicted octanol–water partition coefficient (Wildman–Crippen LogP) is 2.29. The molecule has 2 aromatic rings. The molecule has 2 fully saturated rings. The first-order valence-corrected chi connectivity index (χ1v) is 8.64. The molecular formula is C18H26N4O. The molecule has 2 aliphatic rings. The van der Waals surface area contributed by atoms with Crippen molar-refractivity contribution in [2.24, 2.45) is 0 Å². The number of fused-ring (bicyclic) bond motifs is 1. The van der Waals surface area contributed by atoms with Gasteiger partial charge in [0.05, 0.1) is 23.4 Å². The lowest BCUT2D eigenvalue weighted by molar-refractivity contribution is -0.0119. The van der Waals surface area contributed by atoms with Crippen LogP contribution in [0.3, 0.4) is 0 Å². The van der Waals surface area contributed by atoms with Crippen LogP contribution in [0.4, 0.5) is 0 Å². The molecule has 5 nitrogen and oxygen atoms in total. The molecular weight excluding hydrogens is 288 g/mol. The number of nitrogens with one attached hydrogen (secondary N) is 2. The zero-order chi connectivity index (χ0) is 16.0. The summed E-state index contributed by atoms with van der Waals surface area (Å²) in [5, 5.41) is 7.00. The minimum atomic E-state index is -0.256. The predicted molar refractivity (Wildman–Crippen MR) is 90.7 cm³/mol. The van der Waals surface area contributed by atoms with Gasteiger partial charge in [0.1, 0.15) is 12.1 Å². The van der Waals surface area contributed by atoms with E-state index in [1.54, 1.807) is 0 Å². The summed E-state index contributed by atoms with van der Waals surface area (Å²) in [6, 6.07) is 4.29. The summed E-state index contributed by atoms with van der Waals surface area (Å²) < 4.78 is 8.10. The molecule has 2 aromatic heterocycles. The SMILES string of the molecule is Cc1cccn2c(C(C)(C)N[C@@H]3CNCCO3)nc(C3CC3)c12. The highest BCUT2D eigenvalue weighted by atomic mass is 16.5. The quantitative estimate of drug-likeness (QED) is 0.909. The van der Waals surface area contributed by atoms with E-state index in [1.165, 1.54) is 29.6 Å². The summed E-state index contributed by atoms with van der Waals surface area (Å²) in [4.78, 5) is 5.07. The zero-order valence-corrected chi connectivity index (χ0v) is 14.2. The molecule has 1 aliphatic heterocycles. The van der Waals surface area contributed by atoms with Crippen LogP contribution in [0.2, 0.25) is 0 Å². The number of hydrogen-bond acceptors (Lipinski definition) is 4. The molecule has 23 heavy (non-hydrogen) atoms. The van der Waals surface area contributed by atoms with Crippen LogP contribution in [-0.4, -0.2) is 35.3 Å². The highest BCUT2D eigenvalue weighted by molar-refractivity contribution is 5.62. The van der Waals surface area contributed by atoms with Crippen LogP contribution in [0.5, 0.6) is 0 Å². The highest BCUT2D eigenvalue weighted by Crippen LogP contribution is 2.43. The summed E-state index contributed by atoms with van der Waals surface area (Å²) >= 11 is 0. The number of hydrogen-bond donors (Lipinski definition) is 2. The normalized spacial score (nSPS) is 22.7. The van der Waals surface area contributed by atoms with Gasteiger partial charge in [-0.15, -0.1) is 0 Å². The minimum Gasteiger partial charge on any atom is -0.361 e. The van der Waals surface area contributed by atoms with E-state index in [1.807, 2.05) is 0 Å². The molecule has 0 spiro atoms. The third-order valence-electron chi connectivity index (χ3n) is 4.87. The molecule has 0 unspecified atom stereocenters. The lowest BCUT2D eigenvalue weighted by Crippen LogP contribution is -2.53. The van der Waals surface area contributed by atoms with Gasteiger partial charge in [-0.25, -0.2) is 4.98 Å². The van der Waals surface area contributed by atoms with E-state index < -0.39 is 0 Å². The first kappa shape index (κ1) is 15.1. The van der Waals surface area contributed by atoms with Crippen LogP contribution < -0.4 is 10.6 Å². The fourth-order valence-corrected chi connectivity index (χ4v) is 3.55. The number of aryl methyl sites for hydroxylation is 1. The number of morpholine rings is 1. The Morgan fingerprint density at radius 1 is 1.39 bits per heavy atom. The molecule has 0 aromatic carbocycles. The Morgan fingerprint density at radius 2 is 2.22 bits per heavy atom. The molecule has 3 heterocycles. The van der Waals surface area contributed by atoms with Gasteiger partial charge >= 0.3 is 0 Å². The fourth-order valence-electron chi connectivity index (χ4n) is 3.55. The van der Waals surface area contributed by atoms with Crippen molar-refractivity contribution in [1.82, 2.24) is 20.0 Å². The van der Waals surface area contributed by atoms with Gasteiger partial charge in [0, 0.05) is 25.2 Å². The Hall–Kier alpha value is -1.43. The van der Waals surface area contributed by atoms with Crippen molar-refractivity contribution < 1.29 is 4.74 Å². The Balaban J connectivity index is 1.73. The molecule has 0 amide bonds. The number of pyridine rings is 1. The monoisotopic (exact) mass is 314 g/mol. The van der Waals surface area contributed by atoms with Crippen molar-refractivity contribution >= 4 is 5.52 Å². The molecule has 0 radical (unpaired) electrons. The summed E-state index contributed by atoms with van der Waals surface area (Å²) in [5.74, 6) is 1.72. The van der Waals surface area contributed by atoms with Crippen LogP contribution in [0.1, 0.15) is 49.7 Å². The Bertz CT molecular complexity index is 711. The second kappa shape index (κ2) is 5.58. The molecule has 124 valence electrons. The smallest absolute Gasteiger partial charge is 0.133 e. The molecule has 1 saturated carbocycles. The Labute approximate surface area is 137 Å². The maximum absolute atomic E-state index is 5.83. The van der Waals surface area contributed by atoms with E-state index in [2.05, 4.69) is 54.1 Å². The Kier molecular flexibility index (Phi) is 3.67. The van der Waals surface area contributed by atoms with Gasteiger partial charge in [-0.3, -0.25) is 5.32 Å². The van der Waals surface area contributed by atoms with Crippen LogP contribution in [0.15, 0.2) is 18.3 Å². The van der Waals surface area contributed by atoms with Crippen LogP contribution in [0.25, 0.3) is 5.52 Å². The van der Waals surface area contributed by atoms with Crippen molar-refractivity contribution in [3.05, 3.63) is 35.4 Å². The van der Waals surface area contributed by atoms with E-state index in [-0.39, 0.29) is 11.8 Å². The topological polar surface area (TPSA) is 50.6 Å². The van der Waals surface area contributed by atoms with Gasteiger partial charge in [0.2, 0.25) is 0 Å². The van der Waals surface area contributed by atoms with Crippen LogP contribution >= 0.6 is 0 Å². The third kappa shape index (κ3) is 2.77. The van der Waals surface area contributed by atoms with E-state index in [4.69, 9.17) is 9.72 Å². The highest BCUT2D eigenvalue weighted by Gasteiger charge is 2.35. The van der Waals surface area contributed by atoms with Gasteiger partial charge in [0.15, 0.2) is 0 Å². The van der Waals surface area contributed by atoms with Crippen molar-refractivity contribution in [3.8, 4) is 0 Å². The van der Waals surface area contributed by atoms with Crippen LogP contribution in [-0.2, 0) is 10.3 Å². The van der Waals surface area contributed by atoms with Gasteiger partial charge in [-0.1, -0.05) is 6.07 Å². The summed E-state index contributed by atoms with van der Waals surface area (Å²) in [5.41, 5.74) is 3.62. The lowest BCUT2D eigenvalue weighted by Gasteiger charge is -2.33. The number of ether oxygens (including phenoxy) is 1. The van der Waals surface area contributed by atoms with Gasteiger partial charge < -0.3 is 14.5 Å². The van der Waals surface area contributed by atoms with Gasteiger partial charge in [-0.05, 0) is 45.2 Å². The number of imidazole rings is 1. The molecule has 5 heteroatoms. The number of nitrogens with zero attached hydrogens (tertiary/aromatic N) is 2. The molecule has 0 bridgehead atoms. The van der Waals surface area contributed by atoms with E-state index in [0.29, 0.717) is 5.92 Å². The average Bonchev–Trinajstić information content (AvgIpc) is 3.28. The first-order valence-electron chi connectivity index (χ1n) is 8.64. The van der Waals surface area contributed by atoms with Crippen molar-refractivity contribution in [3.63, 3.8) is 0 Å². The van der Waals surface area contributed by atoms with E-state index >= 15 is 0 Å². The molecule has 1 atom stereocenters. The van der Waals surface area contributed by atoms with Crippen molar-refractivity contribution in [2.45, 2.75) is 51.3 Å². The lowest BCUT2D eigenvalue weighted by atomic mass is 10.0. The zero-order valence-electron chi connectivity index (χ0n) is 14.2. The second-order valence-electron chi connectivity index (χ2n) is 7.34. The standard InChI is InChI=1S/C18H26N4O/c1-12-5-4-9-22-16(12)15(13-6-7-13)20-17(22)18(2,3)21-14-11-19-8-10-23-14/h4-5,9,13-14,19,21H,6-8,10-11H2,1-3H3/t14-/m0/s1. The van der Waals surface area contributed by atoms with Crippen molar-refractivity contribution in [2.75, 3.05) is 19.7 Å². The average molecular weight is 314 g/mol. The van der Waals surface area contributed by atoms with Gasteiger partial charge in [0.25, 0.3) is 0 Å². The Morgan fingerprint density at radius 3 is 2.91 bits per heavy atom. The summed E-state index contributed by atoms with van der Waals surface area (Å²) in [6.45, 7) is 9.08. The second-order valence-corrected chi connectivity index (χ2v) is 7.34. The summed E-state index contributed by atoms with van der Waals surface area (Å²) in [7, 11) is 0. The molecule has 2 N–H and O–H groups in total. The molecule has 1 aliphatic carbocycles. The maximum Gasteiger partial charge on any atom is 0.133 e. The number of aromatic nitrogens is 2.